The number of rotatable bonds is 5. The maximum absolute atomic E-state index is 12.1. The first-order valence-electron chi connectivity index (χ1n) is 5.26. The van der Waals surface area contributed by atoms with E-state index in [1.165, 1.54) is 13.2 Å². The molecule has 4 N–H and O–H groups in total. The molecule has 0 saturated carbocycles. The minimum absolute atomic E-state index is 0.0734. The Morgan fingerprint density at radius 1 is 1.45 bits per heavy atom. The third kappa shape index (κ3) is 3.99. The Kier molecular flexibility index (Phi) is 4.84. The number of benzene rings is 1. The van der Waals surface area contributed by atoms with Crippen LogP contribution in [-0.4, -0.2) is 39.5 Å². The molecule has 10 heteroatoms. The molecule has 0 radical (unpaired) electrons. The summed E-state index contributed by atoms with van der Waals surface area (Å²) in [7, 11) is -2.94. The van der Waals surface area contributed by atoms with Gasteiger partial charge in [0, 0.05) is 12.6 Å². The molecule has 0 aliphatic heterocycles. The van der Waals surface area contributed by atoms with E-state index in [1.807, 2.05) is 0 Å². The maximum Gasteiger partial charge on any atom is 0.415 e. The van der Waals surface area contributed by atoms with Gasteiger partial charge in [0.1, 0.15) is 5.75 Å². The number of alkyl halides is 3. The van der Waals surface area contributed by atoms with Crippen LogP contribution in [0.15, 0.2) is 23.1 Å². The van der Waals surface area contributed by atoms with Crippen LogP contribution >= 0.6 is 0 Å². The van der Waals surface area contributed by atoms with Crippen LogP contribution in [0.2, 0.25) is 0 Å². The van der Waals surface area contributed by atoms with Gasteiger partial charge in [-0.15, -0.1) is 0 Å². The first-order chi connectivity index (χ1) is 9.08. The van der Waals surface area contributed by atoms with E-state index < -0.39 is 28.8 Å². The van der Waals surface area contributed by atoms with Crippen molar-refractivity contribution in [3.05, 3.63) is 18.2 Å². The molecule has 0 fully saturated rings. The molecule has 0 aliphatic carbocycles. The number of nitrogens with one attached hydrogen (secondary N) is 1. The first kappa shape index (κ1) is 16.5. The van der Waals surface area contributed by atoms with Crippen LogP contribution in [0.5, 0.6) is 5.75 Å². The summed E-state index contributed by atoms with van der Waals surface area (Å²) in [5.41, 5.74) is 5.68. The highest BCUT2D eigenvalue weighted by molar-refractivity contribution is 7.89. The van der Waals surface area contributed by atoms with Gasteiger partial charge in [-0.05, 0) is 12.1 Å². The molecule has 0 aliphatic rings. The fourth-order valence-electron chi connectivity index (χ4n) is 1.25. The zero-order chi connectivity index (χ0) is 15.6. The fraction of sp³-hybridized carbons (Fsp3) is 0.400. The predicted molar refractivity (Wildman–Crippen MR) is 64.7 cm³/mol. The number of nitrogen functional groups attached to an aromatic ring is 1. The lowest BCUT2D eigenvalue weighted by Gasteiger charge is -2.15. The highest BCUT2D eigenvalue weighted by Crippen LogP contribution is 2.25. The molecule has 0 amide bonds. The fourth-order valence-corrected chi connectivity index (χ4v) is 2.30. The minimum atomic E-state index is -4.90. The smallest absolute Gasteiger partial charge is 0.415 e. The minimum Gasteiger partial charge on any atom is -0.495 e. The Bertz CT molecular complexity index is 574. The predicted octanol–water partition coefficient (Wildman–Crippen LogP) is 0.479. The van der Waals surface area contributed by atoms with Gasteiger partial charge in [0.05, 0.1) is 17.7 Å². The average molecular weight is 314 g/mol. The summed E-state index contributed by atoms with van der Waals surface area (Å²) in [6, 6.07) is 3.42. The van der Waals surface area contributed by atoms with Crippen LogP contribution in [0.1, 0.15) is 0 Å². The van der Waals surface area contributed by atoms with E-state index >= 15 is 0 Å². The van der Waals surface area contributed by atoms with Crippen molar-refractivity contribution in [3.8, 4) is 5.75 Å². The number of hydrogen-bond donors (Lipinski definition) is 3. The molecule has 1 atom stereocenters. The molecule has 0 saturated heterocycles. The number of sulfonamides is 1. The van der Waals surface area contributed by atoms with Crippen molar-refractivity contribution in [2.45, 2.75) is 17.2 Å². The zero-order valence-electron chi connectivity index (χ0n) is 10.3. The number of methoxy groups -OCH3 is 1. The summed E-state index contributed by atoms with van der Waals surface area (Å²) in [6.45, 7) is -1.18. The molecule has 20 heavy (non-hydrogen) atoms. The van der Waals surface area contributed by atoms with Crippen molar-refractivity contribution >= 4 is 15.7 Å². The van der Waals surface area contributed by atoms with Crippen LogP contribution in [0, 0.1) is 0 Å². The van der Waals surface area contributed by atoms with Crippen LogP contribution < -0.4 is 15.2 Å². The third-order valence-corrected chi connectivity index (χ3v) is 3.78. The van der Waals surface area contributed by atoms with Gasteiger partial charge in [-0.3, -0.25) is 0 Å². The van der Waals surface area contributed by atoms with Crippen LogP contribution in [-0.2, 0) is 10.0 Å². The van der Waals surface area contributed by atoms with E-state index in [2.05, 4.69) is 0 Å². The van der Waals surface area contributed by atoms with E-state index in [1.54, 1.807) is 4.72 Å². The monoisotopic (exact) mass is 314 g/mol. The van der Waals surface area contributed by atoms with Gasteiger partial charge in [-0.2, -0.15) is 13.2 Å². The number of aliphatic hydroxyl groups excluding tert-OH is 1. The Hall–Kier alpha value is -1.52. The molecular formula is C10H13F3N2O4S. The molecule has 0 spiro atoms. The van der Waals surface area contributed by atoms with Crippen LogP contribution in [0.3, 0.4) is 0 Å². The molecule has 1 rings (SSSR count). The second kappa shape index (κ2) is 5.85. The Labute approximate surface area is 113 Å². The molecule has 0 heterocycles. The number of ether oxygens (including phenoxy) is 1. The first-order valence-corrected chi connectivity index (χ1v) is 6.74. The van der Waals surface area contributed by atoms with Gasteiger partial charge in [0.2, 0.25) is 10.0 Å². The highest BCUT2D eigenvalue weighted by Gasteiger charge is 2.38. The number of halogens is 3. The van der Waals surface area contributed by atoms with Crippen molar-refractivity contribution in [3.63, 3.8) is 0 Å². The Balaban J connectivity index is 2.90. The average Bonchev–Trinajstić information content (AvgIpc) is 2.35. The lowest BCUT2D eigenvalue weighted by Crippen LogP contribution is -2.40. The summed E-state index contributed by atoms with van der Waals surface area (Å²) in [5.74, 6) is 0.0734. The molecule has 6 nitrogen and oxygen atoms in total. The highest BCUT2D eigenvalue weighted by atomic mass is 32.2. The topological polar surface area (TPSA) is 102 Å². The SMILES string of the molecule is COc1cc(S(=O)(=O)NCC(O)C(F)(F)F)ccc1N. The second-order valence-electron chi connectivity index (χ2n) is 3.81. The summed E-state index contributed by atoms with van der Waals surface area (Å²) in [4.78, 5) is -0.321. The standard InChI is InChI=1S/C10H13F3N2O4S/c1-19-8-4-6(2-3-7(8)14)20(17,18)15-5-9(16)10(11,12)13/h2-4,9,15-16H,5,14H2,1H3. The van der Waals surface area contributed by atoms with Crippen LogP contribution in [0.25, 0.3) is 0 Å². The van der Waals surface area contributed by atoms with Crippen molar-refractivity contribution < 1.29 is 31.4 Å². The van der Waals surface area contributed by atoms with Crippen molar-refractivity contribution in [1.29, 1.82) is 0 Å². The van der Waals surface area contributed by atoms with Crippen molar-refractivity contribution in [1.82, 2.24) is 4.72 Å². The zero-order valence-corrected chi connectivity index (χ0v) is 11.1. The van der Waals surface area contributed by atoms with Gasteiger partial charge in [0.15, 0.2) is 6.10 Å². The normalized spacial score (nSPS) is 14.1. The Morgan fingerprint density at radius 2 is 2.05 bits per heavy atom. The summed E-state index contributed by atoms with van der Waals surface area (Å²) >= 11 is 0. The van der Waals surface area contributed by atoms with E-state index in [0.717, 1.165) is 12.1 Å². The van der Waals surface area contributed by atoms with E-state index in [-0.39, 0.29) is 16.3 Å². The third-order valence-electron chi connectivity index (χ3n) is 2.36. The second-order valence-corrected chi connectivity index (χ2v) is 5.58. The van der Waals surface area contributed by atoms with Gasteiger partial charge in [-0.1, -0.05) is 0 Å². The van der Waals surface area contributed by atoms with Crippen LogP contribution in [0.4, 0.5) is 18.9 Å². The lowest BCUT2D eigenvalue weighted by atomic mass is 10.3. The molecule has 0 bridgehead atoms. The number of anilines is 1. The number of hydrogen-bond acceptors (Lipinski definition) is 5. The summed E-state index contributed by atoms with van der Waals surface area (Å²) in [5, 5.41) is 8.74. The van der Waals surface area contributed by atoms with Gasteiger partial charge >= 0.3 is 6.18 Å². The van der Waals surface area contributed by atoms with E-state index in [9.17, 15) is 21.6 Å². The molecule has 0 aromatic heterocycles. The van der Waals surface area contributed by atoms with Gasteiger partial charge in [-0.25, -0.2) is 13.1 Å². The molecule has 1 aromatic carbocycles. The number of aliphatic hydroxyl groups is 1. The molecular weight excluding hydrogens is 301 g/mol. The van der Waals surface area contributed by atoms with E-state index in [4.69, 9.17) is 15.6 Å². The van der Waals surface area contributed by atoms with Crippen molar-refractivity contribution in [2.24, 2.45) is 0 Å². The van der Waals surface area contributed by atoms with Gasteiger partial charge < -0.3 is 15.6 Å². The van der Waals surface area contributed by atoms with Gasteiger partial charge in [0.25, 0.3) is 0 Å². The Morgan fingerprint density at radius 3 is 2.55 bits per heavy atom. The molecule has 1 aromatic rings. The maximum atomic E-state index is 12.1. The van der Waals surface area contributed by atoms with Crippen molar-refractivity contribution in [2.75, 3.05) is 19.4 Å². The largest absolute Gasteiger partial charge is 0.495 e. The molecule has 114 valence electrons. The summed E-state index contributed by atoms with van der Waals surface area (Å²) < 4.78 is 66.2. The summed E-state index contributed by atoms with van der Waals surface area (Å²) in [6.07, 6.45) is -7.69. The van der Waals surface area contributed by atoms with E-state index in [0.29, 0.717) is 0 Å². The number of nitrogens with two attached hydrogens (primary N) is 1. The molecule has 1 unspecified atom stereocenters. The quantitative estimate of drug-likeness (QED) is 0.686. The lowest BCUT2D eigenvalue weighted by molar-refractivity contribution is -0.200.